The van der Waals surface area contributed by atoms with Crippen LogP contribution in [0.1, 0.15) is 19.4 Å². The monoisotopic (exact) mass is 437 g/mol. The predicted octanol–water partition coefficient (Wildman–Crippen LogP) is 2.72. The van der Waals surface area contributed by atoms with Gasteiger partial charge in [0.05, 0.1) is 12.7 Å². The number of hydrogen-bond donors (Lipinski definition) is 4. The molecule has 32 heavy (non-hydrogen) atoms. The SMILES string of the molecule is COc1cc(OCC(=O)NC(C)C)ccc1-c1nc(Nc2ccc(N)c(C=N)c2)n(C)n1. The van der Waals surface area contributed by atoms with Crippen molar-refractivity contribution < 1.29 is 14.3 Å². The number of nitrogens with two attached hydrogens (primary N) is 1. The summed E-state index contributed by atoms with van der Waals surface area (Å²) in [6.45, 7) is 3.69. The highest BCUT2D eigenvalue weighted by atomic mass is 16.5. The molecule has 0 bridgehead atoms. The molecule has 0 aliphatic carbocycles. The molecule has 3 aromatic rings. The van der Waals surface area contributed by atoms with E-state index in [1.165, 1.54) is 6.21 Å². The number of hydrogen-bond acceptors (Lipinski definition) is 8. The Kier molecular flexibility index (Phi) is 6.93. The Morgan fingerprint density at radius 1 is 1.28 bits per heavy atom. The number of amides is 1. The fraction of sp³-hybridized carbons (Fsp3) is 0.273. The van der Waals surface area contributed by atoms with Crippen molar-refractivity contribution in [1.82, 2.24) is 20.1 Å². The topological polar surface area (TPSA) is 140 Å². The Morgan fingerprint density at radius 3 is 2.75 bits per heavy atom. The van der Waals surface area contributed by atoms with Gasteiger partial charge in [-0.05, 0) is 44.2 Å². The fourth-order valence-electron chi connectivity index (χ4n) is 2.97. The van der Waals surface area contributed by atoms with Crippen LogP contribution in [-0.2, 0) is 11.8 Å². The largest absolute Gasteiger partial charge is 0.496 e. The molecular weight excluding hydrogens is 410 g/mol. The summed E-state index contributed by atoms with van der Waals surface area (Å²) in [5.41, 5.74) is 8.39. The summed E-state index contributed by atoms with van der Waals surface area (Å²) in [5.74, 6) is 1.79. The molecule has 0 radical (unpaired) electrons. The number of carbonyl (C=O) groups excluding carboxylic acids is 1. The quantitative estimate of drug-likeness (QED) is 0.298. The molecule has 0 spiro atoms. The standard InChI is InChI=1S/C22H27N7O3/c1-13(2)25-20(30)12-32-16-6-7-17(19(10-16)31-4)21-27-22(29(3)28-21)26-15-5-8-18(24)14(9-15)11-23/h5-11,13,23H,12,24H2,1-4H3,(H,25,30)(H,26,27,28). The first-order valence-corrected chi connectivity index (χ1v) is 9.99. The van der Waals surface area contributed by atoms with E-state index in [0.29, 0.717) is 40.1 Å². The third-order valence-corrected chi connectivity index (χ3v) is 4.49. The van der Waals surface area contributed by atoms with Crippen LogP contribution in [0.5, 0.6) is 11.5 Å². The second-order valence-electron chi connectivity index (χ2n) is 7.37. The second-order valence-corrected chi connectivity index (χ2v) is 7.37. The minimum Gasteiger partial charge on any atom is -0.496 e. The Labute approximate surface area is 186 Å². The number of anilines is 3. The van der Waals surface area contributed by atoms with Crippen molar-refractivity contribution in [3.8, 4) is 22.9 Å². The van der Waals surface area contributed by atoms with Gasteiger partial charge in [-0.1, -0.05) is 0 Å². The number of nitrogens with one attached hydrogen (secondary N) is 3. The lowest BCUT2D eigenvalue weighted by Gasteiger charge is -2.11. The number of aryl methyl sites for hydroxylation is 1. The van der Waals surface area contributed by atoms with Gasteiger partial charge in [-0.3, -0.25) is 4.79 Å². The Bertz CT molecular complexity index is 1120. The predicted molar refractivity (Wildman–Crippen MR) is 124 cm³/mol. The molecule has 1 aromatic heterocycles. The average molecular weight is 438 g/mol. The van der Waals surface area contributed by atoms with Crippen LogP contribution in [0, 0.1) is 5.41 Å². The van der Waals surface area contributed by atoms with Crippen molar-refractivity contribution >= 4 is 29.4 Å². The molecule has 0 aliphatic rings. The molecule has 1 heterocycles. The normalized spacial score (nSPS) is 10.7. The molecule has 0 saturated carbocycles. The van der Waals surface area contributed by atoms with Gasteiger partial charge < -0.3 is 31.3 Å². The number of benzene rings is 2. The molecule has 0 fully saturated rings. The summed E-state index contributed by atoms with van der Waals surface area (Å²) in [4.78, 5) is 16.4. The first kappa shape index (κ1) is 22.6. The van der Waals surface area contributed by atoms with Gasteiger partial charge in [-0.2, -0.15) is 4.98 Å². The van der Waals surface area contributed by atoms with E-state index in [9.17, 15) is 4.79 Å². The van der Waals surface area contributed by atoms with Crippen molar-refractivity contribution in [2.24, 2.45) is 7.05 Å². The van der Waals surface area contributed by atoms with Crippen LogP contribution >= 0.6 is 0 Å². The van der Waals surface area contributed by atoms with Gasteiger partial charge in [0.15, 0.2) is 12.4 Å². The Hall–Kier alpha value is -4.08. The summed E-state index contributed by atoms with van der Waals surface area (Å²) >= 11 is 0. The summed E-state index contributed by atoms with van der Waals surface area (Å²) in [7, 11) is 3.31. The van der Waals surface area contributed by atoms with Crippen molar-refractivity contribution in [3.63, 3.8) is 0 Å². The molecule has 10 heteroatoms. The first-order chi connectivity index (χ1) is 15.3. The van der Waals surface area contributed by atoms with Crippen molar-refractivity contribution in [2.45, 2.75) is 19.9 Å². The fourth-order valence-corrected chi connectivity index (χ4v) is 2.97. The van der Waals surface area contributed by atoms with Gasteiger partial charge in [0.25, 0.3) is 5.91 Å². The molecule has 10 nitrogen and oxygen atoms in total. The molecule has 5 N–H and O–H groups in total. The van der Waals surface area contributed by atoms with Crippen molar-refractivity contribution in [3.05, 3.63) is 42.0 Å². The van der Waals surface area contributed by atoms with Gasteiger partial charge in [-0.25, -0.2) is 4.68 Å². The summed E-state index contributed by atoms with van der Waals surface area (Å²) in [6, 6.07) is 10.6. The zero-order valence-electron chi connectivity index (χ0n) is 18.5. The minimum atomic E-state index is -0.195. The van der Waals surface area contributed by atoms with E-state index in [1.807, 2.05) is 13.8 Å². The van der Waals surface area contributed by atoms with Crippen LogP contribution in [-0.4, -0.2) is 46.6 Å². The lowest BCUT2D eigenvalue weighted by molar-refractivity contribution is -0.123. The second kappa shape index (κ2) is 9.82. The lowest BCUT2D eigenvalue weighted by atomic mass is 10.1. The number of methoxy groups -OCH3 is 1. The van der Waals surface area contributed by atoms with Crippen LogP contribution in [0.4, 0.5) is 17.3 Å². The molecule has 0 atom stereocenters. The smallest absolute Gasteiger partial charge is 0.258 e. The maximum absolute atomic E-state index is 11.8. The van der Waals surface area contributed by atoms with E-state index in [2.05, 4.69) is 20.7 Å². The number of nitrogens with zero attached hydrogens (tertiary/aromatic N) is 3. The summed E-state index contributed by atoms with van der Waals surface area (Å²) < 4.78 is 12.7. The van der Waals surface area contributed by atoms with E-state index in [4.69, 9.17) is 20.6 Å². The molecule has 2 aromatic carbocycles. The third kappa shape index (κ3) is 5.34. The van der Waals surface area contributed by atoms with Gasteiger partial charge >= 0.3 is 0 Å². The highest BCUT2D eigenvalue weighted by Gasteiger charge is 2.16. The minimum absolute atomic E-state index is 0.0472. The maximum Gasteiger partial charge on any atom is 0.258 e. The summed E-state index contributed by atoms with van der Waals surface area (Å²) in [6.07, 6.45) is 1.20. The van der Waals surface area contributed by atoms with Crippen LogP contribution in [0.2, 0.25) is 0 Å². The zero-order valence-corrected chi connectivity index (χ0v) is 18.5. The van der Waals surface area contributed by atoms with Crippen LogP contribution in [0.25, 0.3) is 11.4 Å². The number of aromatic nitrogens is 3. The highest BCUT2D eigenvalue weighted by Crippen LogP contribution is 2.32. The average Bonchev–Trinajstić information content (AvgIpc) is 3.12. The summed E-state index contributed by atoms with van der Waals surface area (Å²) in [5, 5.41) is 17.9. The van der Waals surface area contributed by atoms with Gasteiger partial charge in [0.2, 0.25) is 5.95 Å². The first-order valence-electron chi connectivity index (χ1n) is 9.99. The zero-order chi connectivity index (χ0) is 23.3. The molecule has 0 aliphatic heterocycles. The molecule has 0 saturated heterocycles. The number of nitrogen functional groups attached to an aromatic ring is 1. The van der Waals surface area contributed by atoms with Gasteiger partial charge in [0, 0.05) is 42.3 Å². The van der Waals surface area contributed by atoms with Gasteiger partial charge in [-0.15, -0.1) is 5.10 Å². The third-order valence-electron chi connectivity index (χ3n) is 4.49. The van der Waals surface area contributed by atoms with Gasteiger partial charge in [0.1, 0.15) is 11.5 Å². The molecule has 1 amide bonds. The Balaban J connectivity index is 1.79. The van der Waals surface area contributed by atoms with E-state index in [-0.39, 0.29) is 18.6 Å². The molecule has 168 valence electrons. The lowest BCUT2D eigenvalue weighted by Crippen LogP contribution is -2.34. The molecule has 0 unspecified atom stereocenters. The van der Waals surface area contributed by atoms with E-state index in [0.717, 1.165) is 5.69 Å². The van der Waals surface area contributed by atoms with E-state index < -0.39 is 0 Å². The van der Waals surface area contributed by atoms with Crippen molar-refractivity contribution in [1.29, 1.82) is 5.41 Å². The van der Waals surface area contributed by atoms with Crippen LogP contribution < -0.4 is 25.8 Å². The van der Waals surface area contributed by atoms with E-state index >= 15 is 0 Å². The van der Waals surface area contributed by atoms with Crippen LogP contribution in [0.15, 0.2) is 36.4 Å². The molecular formula is C22H27N7O3. The highest BCUT2D eigenvalue weighted by molar-refractivity contribution is 5.87. The van der Waals surface area contributed by atoms with Crippen molar-refractivity contribution in [2.75, 3.05) is 24.8 Å². The number of carbonyl (C=O) groups is 1. The van der Waals surface area contributed by atoms with E-state index in [1.54, 1.807) is 55.2 Å². The number of rotatable bonds is 9. The maximum atomic E-state index is 11.8. The molecule has 3 rings (SSSR count). The van der Waals surface area contributed by atoms with Crippen LogP contribution in [0.3, 0.4) is 0 Å². The number of ether oxygens (including phenoxy) is 2. The Morgan fingerprint density at radius 2 is 2.06 bits per heavy atom.